The van der Waals surface area contributed by atoms with E-state index in [1.54, 1.807) is 0 Å². The predicted octanol–water partition coefficient (Wildman–Crippen LogP) is -11.3. The van der Waals surface area contributed by atoms with Gasteiger partial charge in [-0.1, -0.05) is 0 Å². The van der Waals surface area contributed by atoms with Crippen LogP contribution in [0.2, 0.25) is 0 Å². The minimum Gasteiger partial charge on any atom is -0.450 e. The van der Waals surface area contributed by atoms with Gasteiger partial charge in [0.1, 0.15) is 140 Å². The van der Waals surface area contributed by atoms with Gasteiger partial charge in [0.2, 0.25) is 0 Å². The summed E-state index contributed by atoms with van der Waals surface area (Å²) in [7, 11) is 0. The normalized spacial score (nSPS) is 52.2. The Hall–Kier alpha value is -1.89. The summed E-state index contributed by atoms with van der Waals surface area (Å²) in [6.45, 7) is -4.82. The van der Waals surface area contributed by atoms with Gasteiger partial charge in [0.25, 0.3) is 0 Å². The van der Waals surface area contributed by atoms with Crippen LogP contribution in [0.1, 0.15) is 6.92 Å². The molecule has 30 atom stereocenters. The third kappa shape index (κ3) is 11.5. The Morgan fingerprint density at radius 3 is 0.817 bits per heavy atom. The summed E-state index contributed by atoms with van der Waals surface area (Å²) < 4.78 is 79.8. The molecule has 22 aliphatic rings. The molecule has 0 unspecified atom stereocenters. The summed E-state index contributed by atoms with van der Waals surface area (Å²) in [6, 6.07) is 0. The topological polar surface area (TPSA) is 490 Å². The van der Waals surface area contributed by atoms with Gasteiger partial charge in [-0.2, -0.15) is 0 Å². The van der Waals surface area contributed by atoms with E-state index in [1.165, 1.54) is 6.92 Å². The monoisotopic (exact) mass is 1040 g/mol. The second-order valence-electron chi connectivity index (χ2n) is 17.6. The zero-order chi connectivity index (χ0) is 51.7. The zero-order valence-electron chi connectivity index (χ0n) is 37.5. The highest BCUT2D eigenvalue weighted by atomic mass is 16.8. The highest BCUT2D eigenvalue weighted by Gasteiger charge is 2.59. The van der Waals surface area contributed by atoms with Crippen molar-refractivity contribution >= 4 is 6.16 Å². The van der Waals surface area contributed by atoms with Crippen molar-refractivity contribution in [1.29, 1.82) is 0 Å². The lowest BCUT2D eigenvalue weighted by molar-refractivity contribution is -0.404. The van der Waals surface area contributed by atoms with Crippen LogP contribution in [-0.4, -0.2) is 323 Å². The van der Waals surface area contributed by atoms with E-state index in [2.05, 4.69) is 0 Å². The van der Waals surface area contributed by atoms with E-state index in [0.29, 0.717) is 0 Å². The molecular weight excluding hydrogens is 980 g/mol. The fourth-order valence-electron chi connectivity index (χ4n) is 9.53. The van der Waals surface area contributed by atoms with Gasteiger partial charge < -0.3 is 153 Å². The third-order valence-corrected chi connectivity index (χ3v) is 13.2. The SMILES string of the molecule is CCO[C@@H]1[C@@H](O)[C@H]2O[C@H]3[C@H](O)[C@@H](O)[C@@H](O[C@H]4[C@H](O)[C@@H](O)[C@@H](O[C@H]5[C@H](O)[C@@H](O)[C@@H](O[C@H]6[C@H](O)[C@@H](O)[C@@H](O[C@@H]7[C@H](OC(=O)O)[C@@H](O)[C@@H](O[C@H]1[C@@H](CO)O2)O[C@@H]7CO)O[C@@H]6CO)O[C@@H]5CO)O[C@@H]4CO)O[C@@H]3CO. The fraction of sp³-hybridized carbons (Fsp3) is 0.974. The first kappa shape index (κ1) is 56.8. The summed E-state index contributed by atoms with van der Waals surface area (Å²) in [5, 5.41) is 186. The average molecular weight is 1040 g/mol. The zero-order valence-corrected chi connectivity index (χ0v) is 37.5. The molecule has 0 aromatic heterocycles. The van der Waals surface area contributed by atoms with Crippen LogP contribution in [0.5, 0.6) is 0 Å². The van der Waals surface area contributed by atoms with Crippen LogP contribution in [0.15, 0.2) is 0 Å². The largest absolute Gasteiger partial charge is 0.506 e. The summed E-state index contributed by atoms with van der Waals surface area (Å²) in [4.78, 5) is 12.0. The first-order chi connectivity index (χ1) is 33.9. The van der Waals surface area contributed by atoms with Gasteiger partial charge >= 0.3 is 6.16 Å². The minimum absolute atomic E-state index is 0.184. The molecule has 22 heterocycles. The lowest BCUT2D eigenvalue weighted by Gasteiger charge is -2.51. The van der Waals surface area contributed by atoms with Gasteiger partial charge in [-0.15, -0.1) is 0 Å². The Morgan fingerprint density at radius 2 is 0.563 bits per heavy atom. The van der Waals surface area contributed by atoms with E-state index in [-0.39, 0.29) is 6.61 Å². The molecule has 17 N–H and O–H groups in total. The Labute approximate surface area is 401 Å². The number of carbonyl (C=O) groups is 1. The quantitative estimate of drug-likeness (QED) is 0.0954. The van der Waals surface area contributed by atoms with Crippen molar-refractivity contribution in [2.75, 3.05) is 46.2 Å². The Morgan fingerprint density at radius 1 is 0.338 bits per heavy atom. The number of carboxylic acid groups (broad SMARTS) is 1. The standard InChI is InChI=1S/C39H64O32/c1-2-58-31-23(54)37-63-13(7-44)29(31)69-38-24(55)32(71-39(56)57)30(14(8-45)64-38)70-36-22(53)18(49)27(11(5-42)62-36)67-34-20(51)16(47)25(9(3-40)60-34)65-33-19(50)15(46)26(10(4-41)59-33)66-35-21(52)17(48)28(68-37)12(6-43)61-35/h9-38,40-55H,2-8H2,1H3,(H,56,57)/t9-,10-,11-,12-,13-,14-,15-,16-,17-,18-,19-,20-,21-,22-,23-,24-,25-,26-,27-,28-,29+,30+,31-,32-,33-,34-,35-,36-,37-,38-/m1/s1. The Balaban J connectivity index is 1.23. The molecule has 22 aliphatic heterocycles. The highest BCUT2D eigenvalue weighted by Crippen LogP contribution is 2.39. The summed E-state index contributed by atoms with van der Waals surface area (Å²) in [5.74, 6) is 0. The minimum atomic E-state index is -2.25. The molecule has 0 aromatic carbocycles. The van der Waals surface area contributed by atoms with Crippen LogP contribution in [0, 0.1) is 0 Å². The van der Waals surface area contributed by atoms with Crippen molar-refractivity contribution in [3.8, 4) is 0 Å². The van der Waals surface area contributed by atoms with Gasteiger partial charge in [0, 0.05) is 6.61 Å². The number of hydrogen-bond donors (Lipinski definition) is 17. The fourth-order valence-corrected chi connectivity index (χ4v) is 9.53. The Bertz CT molecular complexity index is 1670. The molecule has 412 valence electrons. The van der Waals surface area contributed by atoms with E-state index >= 15 is 0 Å². The Kier molecular flexibility index (Phi) is 19.5. The maximum absolute atomic E-state index is 12.0. The molecule has 71 heavy (non-hydrogen) atoms. The third-order valence-electron chi connectivity index (χ3n) is 13.2. The first-order valence-corrected chi connectivity index (χ1v) is 22.7. The highest BCUT2D eigenvalue weighted by molar-refractivity contribution is 5.57. The van der Waals surface area contributed by atoms with Crippen molar-refractivity contribution in [1.82, 2.24) is 0 Å². The molecule has 32 heteroatoms. The van der Waals surface area contributed by atoms with E-state index in [4.69, 9.17) is 66.3 Å². The summed E-state index contributed by atoms with van der Waals surface area (Å²) in [6.07, 6.45) is -60.6. The molecule has 22 fully saturated rings. The molecule has 0 aromatic rings. The van der Waals surface area contributed by atoms with Crippen molar-refractivity contribution in [2.24, 2.45) is 0 Å². The van der Waals surface area contributed by atoms with E-state index in [9.17, 15) is 91.6 Å². The summed E-state index contributed by atoms with van der Waals surface area (Å²) >= 11 is 0. The van der Waals surface area contributed by atoms with Gasteiger partial charge in [0.05, 0.1) is 39.6 Å². The van der Waals surface area contributed by atoms with Gasteiger partial charge in [-0.25, -0.2) is 4.79 Å². The molecule has 22 saturated heterocycles. The van der Waals surface area contributed by atoms with Crippen LogP contribution < -0.4 is 0 Å². The number of hydrogen-bond acceptors (Lipinski definition) is 31. The lowest BCUT2D eigenvalue weighted by atomic mass is 9.94. The van der Waals surface area contributed by atoms with E-state index < -0.39 is 230 Å². The van der Waals surface area contributed by atoms with Crippen molar-refractivity contribution in [2.45, 2.75) is 191 Å². The molecule has 0 radical (unpaired) electrons. The second-order valence-corrected chi connectivity index (χ2v) is 17.6. The molecule has 0 aliphatic carbocycles. The van der Waals surface area contributed by atoms with Gasteiger partial charge in [0.15, 0.2) is 43.8 Å². The molecule has 0 spiro atoms. The summed E-state index contributed by atoms with van der Waals surface area (Å²) in [5.41, 5.74) is 0. The van der Waals surface area contributed by atoms with Crippen LogP contribution in [-0.2, 0) is 66.3 Å². The molecule has 32 nitrogen and oxygen atoms in total. The van der Waals surface area contributed by atoms with Crippen molar-refractivity contribution < 1.29 is 158 Å². The molecule has 0 saturated carbocycles. The molecular formula is C39H64O32. The average Bonchev–Trinajstić information content (AvgIpc) is 3.35. The van der Waals surface area contributed by atoms with Crippen molar-refractivity contribution in [3.05, 3.63) is 0 Å². The lowest BCUT2D eigenvalue weighted by Crippen LogP contribution is -2.69. The smallest absolute Gasteiger partial charge is 0.450 e. The maximum atomic E-state index is 12.0. The van der Waals surface area contributed by atoms with Gasteiger partial charge in [-0.05, 0) is 6.92 Å². The maximum Gasteiger partial charge on any atom is 0.506 e. The van der Waals surface area contributed by atoms with Gasteiger partial charge in [-0.3, -0.25) is 0 Å². The van der Waals surface area contributed by atoms with Crippen LogP contribution in [0.25, 0.3) is 0 Å². The van der Waals surface area contributed by atoms with Crippen molar-refractivity contribution in [3.63, 3.8) is 0 Å². The molecule has 12 bridgehead atoms. The number of aliphatic hydroxyl groups excluding tert-OH is 16. The van der Waals surface area contributed by atoms with E-state index in [0.717, 1.165) is 0 Å². The number of ether oxygens (including phenoxy) is 14. The molecule has 22 rings (SSSR count). The first-order valence-electron chi connectivity index (χ1n) is 22.7. The van der Waals surface area contributed by atoms with Crippen LogP contribution in [0.4, 0.5) is 4.79 Å². The van der Waals surface area contributed by atoms with E-state index in [1.807, 2.05) is 0 Å². The van der Waals surface area contributed by atoms with Crippen LogP contribution in [0.3, 0.4) is 0 Å². The second kappa shape index (κ2) is 24.4. The van der Waals surface area contributed by atoms with Crippen LogP contribution >= 0.6 is 0 Å². The number of aliphatic hydroxyl groups is 16. The molecule has 0 amide bonds. The number of rotatable bonds is 9. The predicted molar refractivity (Wildman–Crippen MR) is 212 cm³/mol.